The largest absolute Gasteiger partial charge is 0.481 e. The number of hydrogen-bond donors (Lipinski definition) is 2. The second kappa shape index (κ2) is 6.01. The van der Waals surface area contributed by atoms with Crippen molar-refractivity contribution in [1.82, 2.24) is 0 Å². The quantitative estimate of drug-likeness (QED) is 0.893. The van der Waals surface area contributed by atoms with Gasteiger partial charge >= 0.3 is 5.97 Å². The summed E-state index contributed by atoms with van der Waals surface area (Å²) >= 11 is 3.29. The third-order valence-electron chi connectivity index (χ3n) is 1.67. The van der Waals surface area contributed by atoms with Gasteiger partial charge in [0.25, 0.3) is 0 Å². The Morgan fingerprint density at radius 1 is 1.57 bits per heavy atom. The normalized spacial score (nSPS) is 11.6. The highest BCUT2D eigenvalue weighted by Crippen LogP contribution is 2.18. The van der Waals surface area contributed by atoms with Crippen molar-refractivity contribution in [3.05, 3.63) is 34.3 Å². The number of halogens is 2. The van der Waals surface area contributed by atoms with Crippen molar-refractivity contribution in [2.24, 2.45) is 5.73 Å². The van der Waals surface area contributed by atoms with Crippen molar-refractivity contribution >= 4 is 34.3 Å². The smallest absolute Gasteiger partial charge is 0.305 e. The minimum atomic E-state index is -0.882. The molecule has 0 radical (unpaired) electrons. The molecule has 0 aliphatic heterocycles. The molecule has 0 fully saturated rings. The first-order valence-corrected chi connectivity index (χ1v) is 4.61. The van der Waals surface area contributed by atoms with E-state index in [4.69, 9.17) is 10.8 Å². The second-order valence-electron chi connectivity index (χ2n) is 2.76. The number of nitrogens with two attached hydrogens (primary N) is 1. The molecule has 0 saturated heterocycles. The first kappa shape index (κ1) is 13.4. The highest BCUT2D eigenvalue weighted by atomic mass is 79.9. The van der Waals surface area contributed by atoms with Gasteiger partial charge in [-0.25, -0.2) is 0 Å². The summed E-state index contributed by atoms with van der Waals surface area (Å²) in [6, 6.07) is 6.92. The van der Waals surface area contributed by atoms with E-state index >= 15 is 0 Å². The summed E-state index contributed by atoms with van der Waals surface area (Å²) < 4.78 is 0.908. The molecule has 1 rings (SSSR count). The fourth-order valence-corrected chi connectivity index (χ4v) is 1.46. The van der Waals surface area contributed by atoms with E-state index in [9.17, 15) is 4.79 Å². The fraction of sp³-hybridized carbons (Fsp3) is 0.222. The lowest BCUT2D eigenvalue weighted by Gasteiger charge is -2.08. The molecule has 3 N–H and O–H groups in total. The van der Waals surface area contributed by atoms with Gasteiger partial charge in [0.05, 0.1) is 6.42 Å². The first-order chi connectivity index (χ1) is 6.09. The number of carboxylic acids is 1. The number of carbonyl (C=O) groups is 1. The van der Waals surface area contributed by atoms with Gasteiger partial charge in [-0.2, -0.15) is 0 Å². The molecule has 1 atom stereocenters. The van der Waals surface area contributed by atoms with Gasteiger partial charge in [-0.15, -0.1) is 12.4 Å². The molecule has 0 bridgehead atoms. The lowest BCUT2D eigenvalue weighted by Crippen LogP contribution is -2.14. The number of aliphatic carboxylic acids is 1. The van der Waals surface area contributed by atoms with Crippen LogP contribution in [0.1, 0.15) is 18.0 Å². The molecule has 0 aliphatic carbocycles. The molecular weight excluding hydrogens is 269 g/mol. The predicted octanol–water partition coefficient (Wildman–Crippen LogP) is 2.35. The number of rotatable bonds is 3. The molecule has 1 aromatic carbocycles. The Labute approximate surface area is 96.8 Å². The highest BCUT2D eigenvalue weighted by Gasteiger charge is 2.09. The van der Waals surface area contributed by atoms with Gasteiger partial charge in [-0.3, -0.25) is 4.79 Å². The molecule has 78 valence electrons. The van der Waals surface area contributed by atoms with E-state index in [0.29, 0.717) is 0 Å². The minimum absolute atomic E-state index is 0. The summed E-state index contributed by atoms with van der Waals surface area (Å²) in [6.45, 7) is 0. The molecule has 0 spiro atoms. The maximum Gasteiger partial charge on any atom is 0.305 e. The fourth-order valence-electron chi connectivity index (χ4n) is 1.04. The summed E-state index contributed by atoms with van der Waals surface area (Å²) in [5, 5.41) is 8.52. The SMILES string of the molecule is Cl.NC(CC(=O)O)c1cccc(Br)c1. The van der Waals surface area contributed by atoms with E-state index in [0.717, 1.165) is 10.0 Å². The average molecular weight is 281 g/mol. The van der Waals surface area contributed by atoms with E-state index < -0.39 is 12.0 Å². The Kier molecular flexibility index (Phi) is 5.76. The van der Waals surface area contributed by atoms with Crippen LogP contribution in [0.25, 0.3) is 0 Å². The summed E-state index contributed by atoms with van der Waals surface area (Å²) in [7, 11) is 0. The van der Waals surface area contributed by atoms with E-state index in [1.807, 2.05) is 24.3 Å². The number of benzene rings is 1. The Balaban J connectivity index is 0.00000169. The van der Waals surface area contributed by atoms with Crippen LogP contribution in [0.5, 0.6) is 0 Å². The lowest BCUT2D eigenvalue weighted by atomic mass is 10.1. The third kappa shape index (κ3) is 4.09. The third-order valence-corrected chi connectivity index (χ3v) is 2.16. The van der Waals surface area contributed by atoms with Crippen LogP contribution in [-0.2, 0) is 4.79 Å². The molecule has 5 heteroatoms. The van der Waals surface area contributed by atoms with E-state index in [1.165, 1.54) is 0 Å². The van der Waals surface area contributed by atoms with Crippen LogP contribution in [0.4, 0.5) is 0 Å². The molecule has 0 heterocycles. The zero-order valence-corrected chi connectivity index (χ0v) is 9.72. The first-order valence-electron chi connectivity index (χ1n) is 3.82. The molecule has 0 aliphatic rings. The number of carboxylic acid groups (broad SMARTS) is 1. The van der Waals surface area contributed by atoms with Gasteiger partial charge in [0, 0.05) is 10.5 Å². The Hall–Kier alpha value is -0.580. The zero-order valence-electron chi connectivity index (χ0n) is 7.31. The van der Waals surface area contributed by atoms with Crippen LogP contribution in [0.3, 0.4) is 0 Å². The van der Waals surface area contributed by atoms with E-state index in [2.05, 4.69) is 15.9 Å². The van der Waals surface area contributed by atoms with Crippen molar-refractivity contribution in [3.63, 3.8) is 0 Å². The molecule has 1 aromatic rings. The molecular formula is C9H11BrClNO2. The summed E-state index contributed by atoms with van der Waals surface area (Å²) in [6.07, 6.45) is -0.0452. The molecule has 0 saturated carbocycles. The van der Waals surface area contributed by atoms with Crippen LogP contribution in [0.15, 0.2) is 28.7 Å². The van der Waals surface area contributed by atoms with Crippen molar-refractivity contribution in [2.75, 3.05) is 0 Å². The molecule has 1 unspecified atom stereocenters. The zero-order chi connectivity index (χ0) is 9.84. The second-order valence-corrected chi connectivity index (χ2v) is 3.68. The average Bonchev–Trinajstić information content (AvgIpc) is 2.03. The summed E-state index contributed by atoms with van der Waals surface area (Å²) in [5.41, 5.74) is 6.49. The summed E-state index contributed by atoms with van der Waals surface area (Å²) in [5.74, 6) is -0.882. The van der Waals surface area contributed by atoms with Crippen molar-refractivity contribution in [3.8, 4) is 0 Å². The molecule has 0 aromatic heterocycles. The van der Waals surface area contributed by atoms with Crippen LogP contribution >= 0.6 is 28.3 Å². The van der Waals surface area contributed by atoms with Crippen molar-refractivity contribution in [1.29, 1.82) is 0 Å². The molecule has 14 heavy (non-hydrogen) atoms. The highest BCUT2D eigenvalue weighted by molar-refractivity contribution is 9.10. The van der Waals surface area contributed by atoms with Gasteiger partial charge in [0.1, 0.15) is 0 Å². The van der Waals surface area contributed by atoms with Gasteiger partial charge in [0.15, 0.2) is 0 Å². The van der Waals surface area contributed by atoms with Crippen LogP contribution in [0.2, 0.25) is 0 Å². The standard InChI is InChI=1S/C9H10BrNO2.ClH/c10-7-3-1-2-6(4-7)8(11)5-9(12)13;/h1-4,8H,5,11H2,(H,12,13);1H. The number of hydrogen-bond acceptors (Lipinski definition) is 2. The maximum atomic E-state index is 10.4. The van der Waals surface area contributed by atoms with Crippen molar-refractivity contribution in [2.45, 2.75) is 12.5 Å². The Morgan fingerprint density at radius 2 is 2.21 bits per heavy atom. The Morgan fingerprint density at radius 3 is 2.71 bits per heavy atom. The van der Waals surface area contributed by atoms with Crippen LogP contribution in [0, 0.1) is 0 Å². The predicted molar refractivity (Wildman–Crippen MR) is 60.6 cm³/mol. The topological polar surface area (TPSA) is 63.3 Å². The van der Waals surface area contributed by atoms with Gasteiger partial charge in [-0.1, -0.05) is 28.1 Å². The monoisotopic (exact) mass is 279 g/mol. The van der Waals surface area contributed by atoms with Gasteiger partial charge < -0.3 is 10.8 Å². The van der Waals surface area contributed by atoms with Gasteiger partial charge in [0.2, 0.25) is 0 Å². The summed E-state index contributed by atoms with van der Waals surface area (Å²) in [4.78, 5) is 10.4. The van der Waals surface area contributed by atoms with Crippen LogP contribution in [-0.4, -0.2) is 11.1 Å². The maximum absolute atomic E-state index is 10.4. The van der Waals surface area contributed by atoms with Crippen LogP contribution < -0.4 is 5.73 Å². The van der Waals surface area contributed by atoms with E-state index in [1.54, 1.807) is 0 Å². The molecule has 3 nitrogen and oxygen atoms in total. The lowest BCUT2D eigenvalue weighted by molar-refractivity contribution is -0.137. The minimum Gasteiger partial charge on any atom is -0.481 e. The molecule has 0 amide bonds. The van der Waals surface area contributed by atoms with Gasteiger partial charge in [-0.05, 0) is 17.7 Å². The van der Waals surface area contributed by atoms with Crippen molar-refractivity contribution < 1.29 is 9.90 Å². The Bertz CT molecular complexity index is 319. The van der Waals surface area contributed by atoms with E-state index in [-0.39, 0.29) is 18.8 Å².